The highest BCUT2D eigenvalue weighted by Gasteiger charge is 1.96. The van der Waals surface area contributed by atoms with Crippen molar-refractivity contribution in [3.8, 4) is 5.75 Å². The number of hydrogen-bond donors (Lipinski definition) is 1. The number of nitrogens with zero attached hydrogens (tertiary/aromatic N) is 1. The highest BCUT2D eigenvalue weighted by Crippen LogP contribution is 2.12. The van der Waals surface area contributed by atoms with Crippen molar-refractivity contribution in [2.45, 2.75) is 6.92 Å². The number of hydrogen-bond acceptors (Lipinski definition) is 3. The van der Waals surface area contributed by atoms with Gasteiger partial charge in [-0.3, -0.25) is 4.79 Å². The monoisotopic (exact) mass is 137 g/mol. The minimum atomic E-state index is 0.116. The fourth-order valence-electron chi connectivity index (χ4n) is 0.635. The minimum Gasteiger partial charge on any atom is -0.506 e. The predicted octanol–water partition coefficient (Wildman–Crippen LogP) is 0.908. The van der Waals surface area contributed by atoms with Crippen molar-refractivity contribution >= 4 is 6.29 Å². The summed E-state index contributed by atoms with van der Waals surface area (Å²) in [6.07, 6.45) is 1.91. The van der Waals surface area contributed by atoms with E-state index in [2.05, 4.69) is 4.98 Å². The van der Waals surface area contributed by atoms with Crippen LogP contribution < -0.4 is 0 Å². The molecule has 0 bridgehead atoms. The number of aldehydes is 1. The first kappa shape index (κ1) is 6.74. The Morgan fingerprint density at radius 2 is 2.40 bits per heavy atom. The van der Waals surface area contributed by atoms with Gasteiger partial charge in [-0.15, -0.1) is 0 Å². The molecular weight excluding hydrogens is 130 g/mol. The first-order valence-electron chi connectivity index (χ1n) is 2.85. The number of carbonyl (C=O) groups excluding carboxylic acids is 1. The molecule has 0 aromatic carbocycles. The average molecular weight is 137 g/mol. The summed E-state index contributed by atoms with van der Waals surface area (Å²) >= 11 is 0. The van der Waals surface area contributed by atoms with E-state index >= 15 is 0 Å². The van der Waals surface area contributed by atoms with Crippen molar-refractivity contribution in [2.24, 2.45) is 0 Å². The molecule has 0 unspecified atom stereocenters. The van der Waals surface area contributed by atoms with Crippen molar-refractivity contribution in [1.82, 2.24) is 4.98 Å². The van der Waals surface area contributed by atoms with Crippen LogP contribution in [0.25, 0.3) is 0 Å². The molecule has 0 saturated heterocycles. The second-order valence-corrected chi connectivity index (χ2v) is 2.01. The number of aryl methyl sites for hydroxylation is 1. The topological polar surface area (TPSA) is 50.2 Å². The molecule has 1 aromatic heterocycles. The Morgan fingerprint density at radius 1 is 1.70 bits per heavy atom. The third kappa shape index (κ3) is 1.13. The maximum Gasteiger partial charge on any atom is 0.168 e. The molecule has 0 aliphatic rings. The lowest BCUT2D eigenvalue weighted by molar-refractivity contribution is 0.111. The van der Waals surface area contributed by atoms with Crippen LogP contribution in [0.3, 0.4) is 0 Å². The summed E-state index contributed by atoms with van der Waals surface area (Å²) in [6.45, 7) is 1.71. The third-order valence-electron chi connectivity index (χ3n) is 1.23. The average Bonchev–Trinajstić information content (AvgIpc) is 1.95. The van der Waals surface area contributed by atoms with E-state index in [0.29, 0.717) is 17.5 Å². The van der Waals surface area contributed by atoms with E-state index in [4.69, 9.17) is 5.11 Å². The van der Waals surface area contributed by atoms with Gasteiger partial charge in [0.15, 0.2) is 6.29 Å². The molecular formula is C7H7NO2. The van der Waals surface area contributed by atoms with E-state index in [-0.39, 0.29) is 5.75 Å². The van der Waals surface area contributed by atoms with Gasteiger partial charge in [-0.1, -0.05) is 0 Å². The van der Waals surface area contributed by atoms with Crippen LogP contribution in [0.5, 0.6) is 5.75 Å². The van der Waals surface area contributed by atoms with Gasteiger partial charge in [0, 0.05) is 0 Å². The largest absolute Gasteiger partial charge is 0.506 e. The fourth-order valence-corrected chi connectivity index (χ4v) is 0.635. The van der Waals surface area contributed by atoms with Gasteiger partial charge in [-0.2, -0.15) is 0 Å². The van der Waals surface area contributed by atoms with Crippen molar-refractivity contribution in [1.29, 1.82) is 0 Å². The Labute approximate surface area is 58.3 Å². The van der Waals surface area contributed by atoms with Gasteiger partial charge in [0.25, 0.3) is 0 Å². The fraction of sp³-hybridized carbons (Fsp3) is 0.143. The van der Waals surface area contributed by atoms with Crippen molar-refractivity contribution in [3.63, 3.8) is 0 Å². The maximum absolute atomic E-state index is 10.1. The van der Waals surface area contributed by atoms with Crippen LogP contribution in [0.2, 0.25) is 0 Å². The Kier molecular flexibility index (Phi) is 1.67. The number of aromatic nitrogens is 1. The summed E-state index contributed by atoms with van der Waals surface area (Å²) in [6, 6.07) is 1.53. The van der Waals surface area contributed by atoms with Crippen LogP contribution in [-0.4, -0.2) is 16.4 Å². The Balaban J connectivity index is 3.16. The first-order chi connectivity index (χ1) is 4.74. The van der Waals surface area contributed by atoms with E-state index < -0.39 is 0 Å². The van der Waals surface area contributed by atoms with Crippen LogP contribution in [0.15, 0.2) is 12.3 Å². The summed E-state index contributed by atoms with van der Waals surface area (Å²) in [5, 5.41) is 8.96. The zero-order valence-electron chi connectivity index (χ0n) is 5.53. The molecule has 1 rings (SSSR count). The molecule has 3 heteroatoms. The molecule has 0 spiro atoms. The van der Waals surface area contributed by atoms with Crippen molar-refractivity contribution in [2.75, 3.05) is 0 Å². The summed E-state index contributed by atoms with van der Waals surface area (Å²) in [5.41, 5.74) is 1.01. The molecule has 3 nitrogen and oxygen atoms in total. The van der Waals surface area contributed by atoms with Crippen LogP contribution in [0.1, 0.15) is 16.1 Å². The van der Waals surface area contributed by atoms with Crippen molar-refractivity contribution in [3.05, 3.63) is 23.5 Å². The van der Waals surface area contributed by atoms with Gasteiger partial charge in [-0.25, -0.2) is 4.98 Å². The molecule has 1 N–H and O–H groups in total. The molecule has 0 aliphatic heterocycles. The number of pyridine rings is 1. The number of aromatic hydroxyl groups is 1. The normalized spacial score (nSPS) is 9.30. The van der Waals surface area contributed by atoms with Crippen molar-refractivity contribution < 1.29 is 9.90 Å². The molecule has 0 amide bonds. The van der Waals surface area contributed by atoms with E-state index in [0.717, 1.165) is 0 Å². The molecule has 52 valence electrons. The summed E-state index contributed by atoms with van der Waals surface area (Å²) < 4.78 is 0. The smallest absolute Gasteiger partial charge is 0.168 e. The minimum absolute atomic E-state index is 0.116. The standard InChI is InChI=1S/C7H7NO2/c1-5-2-6(4-9)8-3-7(5)10/h2-4,10H,1H3. The summed E-state index contributed by atoms with van der Waals surface area (Å²) in [4.78, 5) is 13.8. The third-order valence-corrected chi connectivity index (χ3v) is 1.23. The zero-order valence-corrected chi connectivity index (χ0v) is 5.53. The Morgan fingerprint density at radius 3 is 2.90 bits per heavy atom. The van der Waals surface area contributed by atoms with Gasteiger partial charge in [0.2, 0.25) is 0 Å². The second-order valence-electron chi connectivity index (χ2n) is 2.01. The molecule has 0 radical (unpaired) electrons. The van der Waals surface area contributed by atoms with Gasteiger partial charge in [-0.05, 0) is 18.6 Å². The molecule has 1 heterocycles. The number of carbonyl (C=O) groups is 1. The Hall–Kier alpha value is -1.38. The van der Waals surface area contributed by atoms with Crippen LogP contribution in [0, 0.1) is 6.92 Å². The number of rotatable bonds is 1. The van der Waals surface area contributed by atoms with Gasteiger partial charge < -0.3 is 5.11 Å². The van der Waals surface area contributed by atoms with E-state index in [9.17, 15) is 4.79 Å². The lowest BCUT2D eigenvalue weighted by Crippen LogP contribution is -1.86. The van der Waals surface area contributed by atoms with Gasteiger partial charge >= 0.3 is 0 Å². The van der Waals surface area contributed by atoms with E-state index in [1.54, 1.807) is 6.92 Å². The SMILES string of the molecule is Cc1cc(C=O)ncc1O. The first-order valence-corrected chi connectivity index (χ1v) is 2.85. The quantitative estimate of drug-likeness (QED) is 0.585. The molecule has 10 heavy (non-hydrogen) atoms. The predicted molar refractivity (Wildman–Crippen MR) is 36.0 cm³/mol. The molecule has 0 saturated carbocycles. The molecule has 1 aromatic rings. The molecule has 0 fully saturated rings. The zero-order chi connectivity index (χ0) is 7.56. The summed E-state index contributed by atoms with van der Waals surface area (Å²) in [5.74, 6) is 0.116. The lowest BCUT2D eigenvalue weighted by atomic mass is 10.2. The maximum atomic E-state index is 10.1. The second kappa shape index (κ2) is 2.47. The van der Waals surface area contributed by atoms with E-state index in [1.165, 1.54) is 12.3 Å². The molecule has 0 atom stereocenters. The Bertz CT molecular complexity index is 258. The highest BCUT2D eigenvalue weighted by atomic mass is 16.3. The van der Waals surface area contributed by atoms with Crippen LogP contribution in [0.4, 0.5) is 0 Å². The van der Waals surface area contributed by atoms with Crippen LogP contribution >= 0.6 is 0 Å². The van der Waals surface area contributed by atoms with Gasteiger partial charge in [0.1, 0.15) is 11.4 Å². The van der Waals surface area contributed by atoms with E-state index in [1.807, 2.05) is 0 Å². The molecule has 0 aliphatic carbocycles. The lowest BCUT2D eigenvalue weighted by Gasteiger charge is -1.95. The van der Waals surface area contributed by atoms with Crippen LogP contribution in [-0.2, 0) is 0 Å². The van der Waals surface area contributed by atoms with Gasteiger partial charge in [0.05, 0.1) is 6.20 Å². The highest BCUT2D eigenvalue weighted by molar-refractivity contribution is 5.72. The summed E-state index contributed by atoms with van der Waals surface area (Å²) in [7, 11) is 0.